The van der Waals surface area contributed by atoms with E-state index in [1.54, 1.807) is 0 Å². The van der Waals surface area contributed by atoms with Gasteiger partial charge in [0.1, 0.15) is 0 Å². The van der Waals surface area contributed by atoms with Crippen LogP contribution in [0.25, 0.3) is 0 Å². The molecule has 0 radical (unpaired) electrons. The molecule has 1 unspecified atom stereocenters. The Hall–Kier alpha value is -0.643. The molecule has 3 heteroatoms. The molecule has 0 aromatic heterocycles. The maximum atomic E-state index is 6.71. The topological polar surface area (TPSA) is 18.5 Å². The van der Waals surface area contributed by atoms with Crippen LogP contribution in [0.5, 0.6) is 0 Å². The fourth-order valence-electron chi connectivity index (χ4n) is 4.52. The fraction of sp³-hybridized carbons (Fsp3) is 0.793. The molecule has 0 heterocycles. The van der Waals surface area contributed by atoms with Crippen LogP contribution in [0.15, 0.2) is 30.3 Å². The molecule has 0 saturated heterocycles. The lowest BCUT2D eigenvalue weighted by Crippen LogP contribution is -2.42. The Morgan fingerprint density at radius 3 is 1.53 bits per heavy atom. The summed E-state index contributed by atoms with van der Waals surface area (Å²) < 4.78 is 13.2. The molecule has 1 aromatic rings. The molecule has 1 rings (SSSR count). The first kappa shape index (κ1) is 29.4. The van der Waals surface area contributed by atoms with Crippen molar-refractivity contribution in [2.24, 2.45) is 0 Å². The van der Waals surface area contributed by atoms with Crippen LogP contribution < -0.4 is 0 Å². The van der Waals surface area contributed by atoms with Gasteiger partial charge in [0.15, 0.2) is 0 Å². The third kappa shape index (κ3) is 13.2. The summed E-state index contributed by atoms with van der Waals surface area (Å²) in [6, 6.07) is 12.7. The van der Waals surface area contributed by atoms with E-state index in [4.69, 9.17) is 8.85 Å². The highest BCUT2D eigenvalue weighted by molar-refractivity contribution is 6.67. The van der Waals surface area contributed by atoms with E-state index in [2.05, 4.69) is 58.0 Å². The van der Waals surface area contributed by atoms with Gasteiger partial charge in [0.25, 0.3) is 0 Å². The minimum atomic E-state index is -2.12. The van der Waals surface area contributed by atoms with Crippen molar-refractivity contribution >= 4 is 8.56 Å². The standard InChI is InChI=1S/C29H54O2Si/c1-5-9-10-11-12-13-14-15-16-17-18-19-20-24-27-30-32(7-3,8-4)31-29(6-2)28-25-22-21-23-26-28/h21-23,25-26,29H,5-20,24,27H2,1-4H3. The predicted molar refractivity (Wildman–Crippen MR) is 144 cm³/mol. The third-order valence-electron chi connectivity index (χ3n) is 6.84. The smallest absolute Gasteiger partial charge is 0.338 e. The van der Waals surface area contributed by atoms with Gasteiger partial charge in [-0.15, -0.1) is 0 Å². The van der Waals surface area contributed by atoms with Crippen LogP contribution in [0.4, 0.5) is 0 Å². The molecule has 0 saturated carbocycles. The molecule has 0 fully saturated rings. The van der Waals surface area contributed by atoms with E-state index in [0.29, 0.717) is 0 Å². The van der Waals surface area contributed by atoms with Gasteiger partial charge in [0.05, 0.1) is 6.10 Å². The summed E-state index contributed by atoms with van der Waals surface area (Å²) in [5, 5.41) is 0. The van der Waals surface area contributed by atoms with Crippen LogP contribution in [0.3, 0.4) is 0 Å². The van der Waals surface area contributed by atoms with Crippen molar-refractivity contribution in [3.63, 3.8) is 0 Å². The van der Waals surface area contributed by atoms with Gasteiger partial charge in [-0.3, -0.25) is 0 Å². The van der Waals surface area contributed by atoms with E-state index in [1.807, 2.05) is 0 Å². The summed E-state index contributed by atoms with van der Waals surface area (Å²) in [6.07, 6.45) is 20.7. The lowest BCUT2D eigenvalue weighted by Gasteiger charge is -2.33. The minimum absolute atomic E-state index is 0.166. The molecule has 0 aliphatic carbocycles. The second-order valence-electron chi connectivity index (χ2n) is 9.49. The molecule has 1 aromatic carbocycles. The molecule has 0 spiro atoms. The summed E-state index contributed by atoms with van der Waals surface area (Å²) in [6.45, 7) is 9.88. The first-order valence-corrected chi connectivity index (χ1v) is 16.3. The third-order valence-corrected chi connectivity index (χ3v) is 10.4. The number of hydrogen-bond donors (Lipinski definition) is 0. The zero-order chi connectivity index (χ0) is 23.3. The Balaban J connectivity index is 2.11. The molecule has 1 atom stereocenters. The number of hydrogen-bond acceptors (Lipinski definition) is 2. The molecule has 2 nitrogen and oxygen atoms in total. The van der Waals surface area contributed by atoms with Crippen LogP contribution in [0.2, 0.25) is 12.1 Å². The van der Waals surface area contributed by atoms with Gasteiger partial charge in [-0.1, -0.05) is 141 Å². The van der Waals surface area contributed by atoms with Gasteiger partial charge in [-0.25, -0.2) is 0 Å². The summed E-state index contributed by atoms with van der Waals surface area (Å²) in [5.74, 6) is 0. The zero-order valence-corrected chi connectivity index (χ0v) is 23.0. The van der Waals surface area contributed by atoms with Crippen LogP contribution in [0.1, 0.15) is 136 Å². The van der Waals surface area contributed by atoms with E-state index in [1.165, 1.54) is 95.5 Å². The lowest BCUT2D eigenvalue weighted by atomic mass is 10.0. The first-order valence-electron chi connectivity index (χ1n) is 14.1. The van der Waals surface area contributed by atoms with Gasteiger partial charge in [-0.05, 0) is 30.5 Å². The molecule has 186 valence electrons. The maximum Gasteiger partial charge on any atom is 0.338 e. The van der Waals surface area contributed by atoms with Crippen molar-refractivity contribution in [2.75, 3.05) is 6.61 Å². The number of rotatable bonds is 22. The van der Waals surface area contributed by atoms with Crippen molar-refractivity contribution in [3.05, 3.63) is 35.9 Å². The molecule has 0 amide bonds. The Bertz CT molecular complexity index is 515. The molecule has 0 aliphatic rings. The van der Waals surface area contributed by atoms with E-state index < -0.39 is 8.56 Å². The highest BCUT2D eigenvalue weighted by atomic mass is 28.4. The molecule has 0 aliphatic heterocycles. The summed E-state index contributed by atoms with van der Waals surface area (Å²) in [7, 11) is -2.12. The van der Waals surface area contributed by atoms with Crippen LogP contribution >= 0.6 is 0 Å². The molecular weight excluding hydrogens is 408 g/mol. The molecule has 32 heavy (non-hydrogen) atoms. The number of benzene rings is 1. The summed E-state index contributed by atoms with van der Waals surface area (Å²) in [5.41, 5.74) is 1.29. The van der Waals surface area contributed by atoms with Crippen molar-refractivity contribution in [3.8, 4) is 0 Å². The summed E-state index contributed by atoms with van der Waals surface area (Å²) in [4.78, 5) is 0. The molecular formula is C29H54O2Si. The first-order chi connectivity index (χ1) is 15.7. The van der Waals surface area contributed by atoms with E-state index in [9.17, 15) is 0 Å². The van der Waals surface area contributed by atoms with Gasteiger partial charge in [0.2, 0.25) is 0 Å². The van der Waals surface area contributed by atoms with Crippen molar-refractivity contribution < 1.29 is 8.85 Å². The van der Waals surface area contributed by atoms with E-state index >= 15 is 0 Å². The molecule has 0 N–H and O–H groups in total. The largest absolute Gasteiger partial charge is 0.394 e. The van der Waals surface area contributed by atoms with Crippen molar-refractivity contribution in [1.29, 1.82) is 0 Å². The van der Waals surface area contributed by atoms with Crippen LogP contribution in [0, 0.1) is 0 Å². The normalized spacial score (nSPS) is 12.9. The van der Waals surface area contributed by atoms with Crippen molar-refractivity contribution in [1.82, 2.24) is 0 Å². The maximum absolute atomic E-state index is 6.71. The second kappa shape index (κ2) is 19.8. The summed E-state index contributed by atoms with van der Waals surface area (Å²) >= 11 is 0. The lowest BCUT2D eigenvalue weighted by molar-refractivity contribution is 0.108. The van der Waals surface area contributed by atoms with Crippen LogP contribution in [-0.2, 0) is 8.85 Å². The second-order valence-corrected chi connectivity index (χ2v) is 13.2. The van der Waals surface area contributed by atoms with Gasteiger partial charge < -0.3 is 8.85 Å². The monoisotopic (exact) mass is 462 g/mol. The Kier molecular flexibility index (Phi) is 18.2. The Morgan fingerprint density at radius 1 is 0.625 bits per heavy atom. The van der Waals surface area contributed by atoms with Crippen LogP contribution in [-0.4, -0.2) is 15.2 Å². The molecule has 0 bridgehead atoms. The van der Waals surface area contributed by atoms with Gasteiger partial charge in [-0.2, -0.15) is 0 Å². The SMILES string of the molecule is CCCCCCCCCCCCCCCCO[Si](CC)(CC)OC(CC)c1ccccc1. The Morgan fingerprint density at radius 2 is 1.09 bits per heavy atom. The van der Waals surface area contributed by atoms with Crippen molar-refractivity contribution in [2.45, 2.75) is 142 Å². The average Bonchev–Trinajstić information content (AvgIpc) is 2.84. The Labute approximate surface area is 202 Å². The number of unbranched alkanes of at least 4 members (excludes halogenated alkanes) is 13. The average molecular weight is 463 g/mol. The van der Waals surface area contributed by atoms with E-state index in [0.717, 1.165) is 25.1 Å². The quantitative estimate of drug-likeness (QED) is 0.126. The predicted octanol–water partition coefficient (Wildman–Crippen LogP) is 10.1. The van der Waals surface area contributed by atoms with Gasteiger partial charge >= 0.3 is 8.56 Å². The van der Waals surface area contributed by atoms with Gasteiger partial charge in [0, 0.05) is 6.61 Å². The minimum Gasteiger partial charge on any atom is -0.394 e. The fourth-order valence-corrected chi connectivity index (χ4v) is 7.17. The highest BCUT2D eigenvalue weighted by Gasteiger charge is 2.36. The van der Waals surface area contributed by atoms with E-state index in [-0.39, 0.29) is 6.10 Å². The zero-order valence-electron chi connectivity index (χ0n) is 22.0. The highest BCUT2D eigenvalue weighted by Crippen LogP contribution is 2.30.